The second-order valence-corrected chi connectivity index (χ2v) is 4.98. The molecule has 0 amide bonds. The molecule has 5 heteroatoms. The summed E-state index contributed by atoms with van der Waals surface area (Å²) in [5, 5.41) is 0. The van der Waals surface area contributed by atoms with Crippen LogP contribution in [0.5, 0.6) is 0 Å². The summed E-state index contributed by atoms with van der Waals surface area (Å²) in [6.07, 6.45) is 0. The van der Waals surface area contributed by atoms with E-state index in [1.54, 1.807) is 0 Å². The van der Waals surface area contributed by atoms with Gasteiger partial charge in [0, 0.05) is 0 Å². The Balaban J connectivity index is 3.61. The molecule has 7 heavy (non-hydrogen) atoms. The van der Waals surface area contributed by atoms with Gasteiger partial charge >= 0.3 is 56.3 Å². The van der Waals surface area contributed by atoms with Gasteiger partial charge in [-0.05, 0) is 0 Å². The Kier molecular flexibility index (Phi) is 3.49. The van der Waals surface area contributed by atoms with E-state index in [9.17, 15) is 4.57 Å². The predicted octanol–water partition coefficient (Wildman–Crippen LogP) is 0.288. The molecule has 1 unspecified atom stereocenters. The average molecular weight is 229 g/mol. The Bertz CT molecular complexity index is 84.9. The van der Waals surface area contributed by atoms with E-state index in [0.717, 1.165) is 0 Å². The van der Waals surface area contributed by atoms with Gasteiger partial charge in [-0.15, -0.1) is 0 Å². The molecule has 0 spiro atoms. The first-order chi connectivity index (χ1) is 3.12. The Morgan fingerprint density at radius 3 is 2.14 bits per heavy atom. The van der Waals surface area contributed by atoms with E-state index in [1.165, 1.54) is 13.8 Å². The van der Waals surface area contributed by atoms with Gasteiger partial charge in [-0.25, -0.2) is 0 Å². The predicted molar refractivity (Wildman–Crippen MR) is 28.8 cm³/mol. The summed E-state index contributed by atoms with van der Waals surface area (Å²) in [6, 6.07) is 0. The summed E-state index contributed by atoms with van der Waals surface area (Å²) in [5.74, 6) is 0. The molecule has 0 heterocycles. The first-order valence-electron chi connectivity index (χ1n) is 1.64. The van der Waals surface area contributed by atoms with Crippen LogP contribution >= 0.6 is 7.60 Å². The van der Waals surface area contributed by atoms with E-state index >= 15 is 0 Å². The van der Waals surface area contributed by atoms with Crippen molar-refractivity contribution in [3.8, 4) is 0 Å². The van der Waals surface area contributed by atoms with E-state index in [2.05, 4.69) is 7.38 Å². The monoisotopic (exact) mass is 230 g/mol. The number of rotatable bonds is 2. The molecule has 0 aliphatic rings. The van der Waals surface area contributed by atoms with Crippen molar-refractivity contribution in [3.63, 3.8) is 0 Å². The van der Waals surface area contributed by atoms with Crippen molar-refractivity contribution in [1.82, 2.24) is 0 Å². The van der Waals surface area contributed by atoms with E-state index in [1.807, 2.05) is 0 Å². The Labute approximate surface area is 56.6 Å². The van der Waals surface area contributed by atoms with E-state index in [4.69, 9.17) is 0 Å². The van der Waals surface area contributed by atoms with Crippen LogP contribution in [-0.4, -0.2) is 36.7 Å². The van der Waals surface area contributed by atoms with Crippen molar-refractivity contribution in [3.05, 3.63) is 0 Å². The fourth-order valence-corrected chi connectivity index (χ4v) is 0.866. The van der Waals surface area contributed by atoms with Gasteiger partial charge in [0.2, 0.25) is 0 Å². The average Bonchev–Trinajstić information content (AvgIpc) is 1.68. The molecule has 1 atom stereocenters. The normalized spacial score (nSPS) is 18.7. The molecule has 0 fully saturated rings. The molecule has 0 aliphatic heterocycles. The van der Waals surface area contributed by atoms with Gasteiger partial charge in [0.1, 0.15) is 0 Å². The third kappa shape index (κ3) is 3.52. The maximum atomic E-state index is 10.5. The van der Waals surface area contributed by atoms with Gasteiger partial charge < -0.3 is 0 Å². The third-order valence-corrected chi connectivity index (χ3v) is 4.85. The standard InChI is InChI=1S/C2H7O3P.Sn.H/c1-5-6(2,3)4;;/h1-2H3,(H,3,4);;/q;+1;/p-1. The van der Waals surface area contributed by atoms with Crippen molar-refractivity contribution >= 4 is 30.5 Å². The summed E-state index contributed by atoms with van der Waals surface area (Å²) in [6.45, 7) is 1.44. The van der Waals surface area contributed by atoms with Crippen LogP contribution < -0.4 is 0 Å². The van der Waals surface area contributed by atoms with Crippen molar-refractivity contribution in [2.45, 2.75) is 0 Å². The molecule has 0 saturated heterocycles. The van der Waals surface area contributed by atoms with Crippen LogP contribution in [0.3, 0.4) is 0 Å². The fourth-order valence-electron chi connectivity index (χ4n) is 0.0430. The summed E-state index contributed by atoms with van der Waals surface area (Å²) >= 11 is 0.525. The van der Waals surface area contributed by atoms with Crippen LogP contribution in [0.25, 0.3) is 0 Å². The van der Waals surface area contributed by atoms with Gasteiger partial charge in [0.25, 0.3) is 0 Å². The molecule has 2 radical (unpaired) electrons. The molecule has 0 aromatic rings. The summed E-state index contributed by atoms with van der Waals surface area (Å²) < 4.78 is 19.5. The third-order valence-electron chi connectivity index (χ3n) is 0.523. The summed E-state index contributed by atoms with van der Waals surface area (Å²) in [5.41, 5.74) is 0. The second kappa shape index (κ2) is 3.07. The quantitative estimate of drug-likeness (QED) is 0.504. The zero-order chi connectivity index (χ0) is 5.91. The first-order valence-corrected chi connectivity index (χ1v) is 4.97. The molecule has 42 valence electrons. The van der Waals surface area contributed by atoms with E-state index in [-0.39, 0.29) is 0 Å². The molecule has 0 aromatic carbocycles. The second-order valence-electron chi connectivity index (χ2n) is 1.06. The van der Waals surface area contributed by atoms with Crippen LogP contribution in [0.2, 0.25) is 0 Å². The van der Waals surface area contributed by atoms with Crippen LogP contribution in [0, 0.1) is 0 Å². The number of hydrogen-bond donors (Lipinski definition) is 0. The Hall–Kier alpha value is 0.949. The van der Waals surface area contributed by atoms with Crippen molar-refractivity contribution in [2.75, 3.05) is 13.8 Å². The molecule has 0 N–H and O–H groups in total. The summed E-state index contributed by atoms with van der Waals surface area (Å²) in [4.78, 5) is 0. The van der Waals surface area contributed by atoms with Crippen molar-refractivity contribution in [2.24, 2.45) is 0 Å². The molecular weight excluding hydrogens is 222 g/mol. The molecule has 0 saturated carbocycles. The molecule has 0 aliphatic carbocycles. The minimum atomic E-state index is -2.60. The van der Waals surface area contributed by atoms with E-state index in [0.29, 0.717) is 22.9 Å². The molecule has 0 bridgehead atoms. The van der Waals surface area contributed by atoms with Crippen LogP contribution in [0.15, 0.2) is 0 Å². The Morgan fingerprint density at radius 2 is 2.14 bits per heavy atom. The van der Waals surface area contributed by atoms with E-state index < -0.39 is 7.60 Å². The fraction of sp³-hybridized carbons (Fsp3) is 1.00. The van der Waals surface area contributed by atoms with Crippen LogP contribution in [0.1, 0.15) is 0 Å². The summed E-state index contributed by atoms with van der Waals surface area (Å²) in [7, 11) is -1.22. The molecular formula is C2H7O3PSn. The molecule has 0 aromatic heterocycles. The first kappa shape index (κ1) is 7.95. The Morgan fingerprint density at radius 1 is 1.71 bits per heavy atom. The van der Waals surface area contributed by atoms with Crippen LogP contribution in [-0.2, 0) is 11.9 Å². The zero-order valence-corrected chi connectivity index (χ0v) is 8.44. The van der Waals surface area contributed by atoms with Gasteiger partial charge in [-0.1, -0.05) is 0 Å². The molecule has 3 nitrogen and oxygen atoms in total. The van der Waals surface area contributed by atoms with Crippen molar-refractivity contribution < 1.29 is 11.9 Å². The van der Waals surface area contributed by atoms with Crippen molar-refractivity contribution in [1.29, 1.82) is 0 Å². The topological polar surface area (TPSA) is 35.5 Å². The van der Waals surface area contributed by atoms with Gasteiger partial charge in [0.05, 0.1) is 0 Å². The molecule has 0 rings (SSSR count). The van der Waals surface area contributed by atoms with Gasteiger partial charge in [-0.2, -0.15) is 0 Å². The van der Waals surface area contributed by atoms with Crippen LogP contribution in [0.4, 0.5) is 0 Å². The number of hydrogen-bond acceptors (Lipinski definition) is 3. The SMILES string of the molecule is COP(C)(=O)[O][SnH]. The zero-order valence-electron chi connectivity index (χ0n) is 4.25. The van der Waals surface area contributed by atoms with Gasteiger partial charge in [-0.3, -0.25) is 0 Å². The minimum absolute atomic E-state index is 0.525. The van der Waals surface area contributed by atoms with Gasteiger partial charge in [0.15, 0.2) is 0 Å². The maximum absolute atomic E-state index is 10.5.